The van der Waals surface area contributed by atoms with E-state index in [1.807, 2.05) is 12.1 Å². The Bertz CT molecular complexity index is 535. The summed E-state index contributed by atoms with van der Waals surface area (Å²) in [7, 11) is 2.20. The average molecular weight is 348 g/mol. The number of carbonyl (C=O) groups is 1. The number of hydrogen-bond donors (Lipinski definition) is 1. The Morgan fingerprint density at radius 2 is 2.20 bits per heavy atom. The van der Waals surface area contributed by atoms with Gasteiger partial charge in [-0.2, -0.15) is 0 Å². The van der Waals surface area contributed by atoms with Crippen molar-refractivity contribution in [1.29, 1.82) is 0 Å². The van der Waals surface area contributed by atoms with Gasteiger partial charge < -0.3 is 14.6 Å². The minimum absolute atomic E-state index is 0.0620. The number of rotatable bonds is 7. The summed E-state index contributed by atoms with van der Waals surface area (Å²) in [5, 5.41) is 3.17. The average Bonchev–Trinajstić information content (AvgIpc) is 3.23. The number of piperidine rings is 1. The number of furan rings is 1. The second-order valence-corrected chi connectivity index (χ2v) is 7.97. The third-order valence-electron chi connectivity index (χ3n) is 5.95. The molecule has 0 bridgehead atoms. The van der Waals surface area contributed by atoms with Crippen molar-refractivity contribution in [2.75, 3.05) is 39.8 Å². The Kier molecular flexibility index (Phi) is 6.18. The monoisotopic (exact) mass is 347 g/mol. The van der Waals surface area contributed by atoms with Crippen LogP contribution in [0.2, 0.25) is 0 Å². The van der Waals surface area contributed by atoms with Gasteiger partial charge in [-0.25, -0.2) is 0 Å². The molecular weight excluding hydrogens is 314 g/mol. The third-order valence-corrected chi connectivity index (χ3v) is 5.95. The Labute approximate surface area is 151 Å². The number of likely N-dealkylation sites (tertiary alicyclic amines) is 2. The topological polar surface area (TPSA) is 48.7 Å². The molecule has 2 fully saturated rings. The van der Waals surface area contributed by atoms with Crippen LogP contribution in [-0.4, -0.2) is 61.5 Å². The molecule has 5 nitrogen and oxygen atoms in total. The standard InChI is InChI=1S/C20H33N3O2/c1-3-11-23-16-20(8-12-22(2)13-9-20)15-18(23)19(24)21-10-4-6-17-7-5-14-25-17/h5,7,14,18H,3-4,6,8-13,15-16H2,1-2H3,(H,21,24)/t18-/m0/s1. The van der Waals surface area contributed by atoms with Crippen LogP contribution in [0.4, 0.5) is 0 Å². The SMILES string of the molecule is CCCN1CC2(CCN(C)CC2)C[C@H]1C(=O)NCCCc1ccco1. The molecule has 1 spiro atoms. The second-order valence-electron chi connectivity index (χ2n) is 7.97. The van der Waals surface area contributed by atoms with Gasteiger partial charge in [-0.3, -0.25) is 9.69 Å². The largest absolute Gasteiger partial charge is 0.469 e. The summed E-state index contributed by atoms with van der Waals surface area (Å²) < 4.78 is 5.35. The number of hydrogen-bond acceptors (Lipinski definition) is 4. The molecule has 1 aromatic rings. The molecule has 2 aliphatic rings. The first kappa shape index (κ1) is 18.5. The van der Waals surface area contributed by atoms with Crippen molar-refractivity contribution in [2.24, 2.45) is 5.41 Å². The van der Waals surface area contributed by atoms with Gasteiger partial charge in [0.2, 0.25) is 5.91 Å². The number of nitrogens with one attached hydrogen (secondary N) is 1. The van der Waals surface area contributed by atoms with Crippen molar-refractivity contribution < 1.29 is 9.21 Å². The minimum atomic E-state index is 0.0620. The summed E-state index contributed by atoms with van der Waals surface area (Å²) in [5.41, 5.74) is 0.359. The van der Waals surface area contributed by atoms with Crippen LogP contribution in [0.25, 0.3) is 0 Å². The highest BCUT2D eigenvalue weighted by Gasteiger charge is 2.47. The zero-order valence-electron chi connectivity index (χ0n) is 15.8. The van der Waals surface area contributed by atoms with Crippen LogP contribution >= 0.6 is 0 Å². The van der Waals surface area contributed by atoms with E-state index < -0.39 is 0 Å². The van der Waals surface area contributed by atoms with E-state index in [2.05, 4.69) is 29.1 Å². The molecule has 1 atom stereocenters. The van der Waals surface area contributed by atoms with Crippen LogP contribution < -0.4 is 5.32 Å². The van der Waals surface area contributed by atoms with Crippen molar-refractivity contribution in [3.63, 3.8) is 0 Å². The van der Waals surface area contributed by atoms with E-state index in [0.29, 0.717) is 5.41 Å². The number of nitrogens with zero attached hydrogens (tertiary/aromatic N) is 2. The van der Waals surface area contributed by atoms with E-state index in [1.54, 1.807) is 6.26 Å². The predicted molar refractivity (Wildman–Crippen MR) is 99.5 cm³/mol. The molecule has 1 amide bonds. The maximum atomic E-state index is 12.8. The first-order valence-corrected chi connectivity index (χ1v) is 9.84. The summed E-state index contributed by atoms with van der Waals surface area (Å²) in [6, 6.07) is 3.97. The van der Waals surface area contributed by atoms with Gasteiger partial charge in [0.05, 0.1) is 12.3 Å². The number of amides is 1. The lowest BCUT2D eigenvalue weighted by molar-refractivity contribution is -0.125. The van der Waals surface area contributed by atoms with Gasteiger partial charge >= 0.3 is 0 Å². The van der Waals surface area contributed by atoms with E-state index in [0.717, 1.165) is 64.2 Å². The Morgan fingerprint density at radius 1 is 1.40 bits per heavy atom. The van der Waals surface area contributed by atoms with E-state index in [-0.39, 0.29) is 11.9 Å². The molecule has 1 N–H and O–H groups in total. The van der Waals surface area contributed by atoms with Crippen LogP contribution in [0, 0.1) is 5.41 Å². The molecule has 0 aliphatic carbocycles. The van der Waals surface area contributed by atoms with Gasteiger partial charge in [0.1, 0.15) is 5.76 Å². The van der Waals surface area contributed by atoms with E-state index in [1.165, 1.54) is 12.8 Å². The minimum Gasteiger partial charge on any atom is -0.469 e. The van der Waals surface area contributed by atoms with Crippen LogP contribution in [0.3, 0.4) is 0 Å². The van der Waals surface area contributed by atoms with Crippen molar-refractivity contribution in [1.82, 2.24) is 15.1 Å². The van der Waals surface area contributed by atoms with Crippen molar-refractivity contribution in [2.45, 2.75) is 51.5 Å². The molecule has 3 heterocycles. The van der Waals surface area contributed by atoms with Crippen molar-refractivity contribution in [3.8, 4) is 0 Å². The zero-order valence-corrected chi connectivity index (χ0v) is 15.8. The maximum absolute atomic E-state index is 12.8. The second kappa shape index (κ2) is 8.37. The zero-order chi connectivity index (χ0) is 17.7. The number of aryl methyl sites for hydroxylation is 1. The van der Waals surface area contributed by atoms with Crippen LogP contribution in [-0.2, 0) is 11.2 Å². The highest BCUT2D eigenvalue weighted by atomic mass is 16.3. The van der Waals surface area contributed by atoms with Crippen molar-refractivity contribution >= 4 is 5.91 Å². The summed E-state index contributed by atoms with van der Waals surface area (Å²) in [5.74, 6) is 1.22. The molecule has 2 aliphatic heterocycles. The van der Waals surface area contributed by atoms with Crippen LogP contribution in [0.5, 0.6) is 0 Å². The van der Waals surface area contributed by atoms with E-state index in [4.69, 9.17) is 4.42 Å². The molecule has 0 aromatic carbocycles. The highest BCUT2D eigenvalue weighted by Crippen LogP contribution is 2.43. The summed E-state index contributed by atoms with van der Waals surface area (Å²) in [6.07, 6.45) is 8.11. The first-order valence-electron chi connectivity index (χ1n) is 9.84. The number of carbonyl (C=O) groups excluding carboxylic acids is 1. The fraction of sp³-hybridized carbons (Fsp3) is 0.750. The third kappa shape index (κ3) is 4.64. The molecule has 5 heteroatoms. The molecule has 0 radical (unpaired) electrons. The van der Waals surface area contributed by atoms with Gasteiger partial charge in [0.25, 0.3) is 0 Å². The summed E-state index contributed by atoms with van der Waals surface area (Å²) in [6.45, 7) is 7.39. The molecule has 0 saturated carbocycles. The molecule has 25 heavy (non-hydrogen) atoms. The highest BCUT2D eigenvalue weighted by molar-refractivity contribution is 5.82. The predicted octanol–water partition coefficient (Wildman–Crippen LogP) is 2.52. The van der Waals surface area contributed by atoms with Gasteiger partial charge in [0, 0.05) is 19.5 Å². The lowest BCUT2D eigenvalue weighted by Gasteiger charge is -2.37. The summed E-state index contributed by atoms with van der Waals surface area (Å²) >= 11 is 0. The fourth-order valence-corrected chi connectivity index (χ4v) is 4.43. The normalized spacial score (nSPS) is 24.0. The van der Waals surface area contributed by atoms with E-state index >= 15 is 0 Å². The maximum Gasteiger partial charge on any atom is 0.237 e. The molecule has 140 valence electrons. The van der Waals surface area contributed by atoms with Crippen LogP contribution in [0.15, 0.2) is 22.8 Å². The Hall–Kier alpha value is -1.33. The Morgan fingerprint density at radius 3 is 2.88 bits per heavy atom. The molecule has 2 saturated heterocycles. The molecular formula is C20H33N3O2. The van der Waals surface area contributed by atoms with Gasteiger partial charge in [-0.1, -0.05) is 6.92 Å². The quantitative estimate of drug-likeness (QED) is 0.770. The Balaban J connectivity index is 1.50. The van der Waals surface area contributed by atoms with Gasteiger partial charge in [-0.05, 0) is 76.3 Å². The van der Waals surface area contributed by atoms with Crippen LogP contribution in [0.1, 0.15) is 44.8 Å². The molecule has 0 unspecified atom stereocenters. The van der Waals surface area contributed by atoms with Gasteiger partial charge in [0.15, 0.2) is 0 Å². The lowest BCUT2D eigenvalue weighted by atomic mass is 9.76. The summed E-state index contributed by atoms with van der Waals surface area (Å²) in [4.78, 5) is 17.6. The van der Waals surface area contributed by atoms with Gasteiger partial charge in [-0.15, -0.1) is 0 Å². The molecule has 1 aromatic heterocycles. The molecule has 3 rings (SSSR count). The lowest BCUT2D eigenvalue weighted by Crippen LogP contribution is -2.43. The smallest absolute Gasteiger partial charge is 0.237 e. The first-order chi connectivity index (χ1) is 12.1. The van der Waals surface area contributed by atoms with Crippen molar-refractivity contribution in [3.05, 3.63) is 24.2 Å². The fourth-order valence-electron chi connectivity index (χ4n) is 4.43. The van der Waals surface area contributed by atoms with E-state index in [9.17, 15) is 4.79 Å².